The Balaban J connectivity index is 1.47. The fourth-order valence-electron chi connectivity index (χ4n) is 3.19. The van der Waals surface area contributed by atoms with Crippen LogP contribution in [0.1, 0.15) is 11.1 Å². The van der Waals surface area contributed by atoms with E-state index in [1.165, 1.54) is 22.9 Å². The van der Waals surface area contributed by atoms with Crippen molar-refractivity contribution in [2.24, 2.45) is 0 Å². The summed E-state index contributed by atoms with van der Waals surface area (Å²) in [4.78, 5) is 0. The van der Waals surface area contributed by atoms with E-state index >= 15 is 0 Å². The first-order valence-electron chi connectivity index (χ1n) is 9.17. The quantitative estimate of drug-likeness (QED) is 0.284. The number of ether oxygens (including phenoxy) is 1. The van der Waals surface area contributed by atoms with Gasteiger partial charge < -0.3 is 10.1 Å². The second-order valence-corrected chi connectivity index (χ2v) is 8.38. The first-order valence-corrected chi connectivity index (χ1v) is 10.8. The van der Waals surface area contributed by atoms with Gasteiger partial charge in [0, 0.05) is 12.2 Å². The van der Waals surface area contributed by atoms with Crippen LogP contribution in [0.5, 0.6) is 5.75 Å². The minimum Gasteiger partial charge on any atom is -0.487 e. The van der Waals surface area contributed by atoms with E-state index < -0.39 is 0 Å². The lowest BCUT2D eigenvalue weighted by molar-refractivity contribution is 0.303. The molecule has 0 unspecified atom stereocenters. The summed E-state index contributed by atoms with van der Waals surface area (Å²) >= 11 is 7.25. The topological polar surface area (TPSA) is 21.3 Å². The van der Waals surface area contributed by atoms with E-state index in [9.17, 15) is 4.39 Å². The summed E-state index contributed by atoms with van der Waals surface area (Å²) in [5.74, 6) is 0.525. The van der Waals surface area contributed by atoms with Crippen molar-refractivity contribution in [3.8, 4) is 5.75 Å². The van der Waals surface area contributed by atoms with Gasteiger partial charge in [0.05, 0.1) is 8.95 Å². The Morgan fingerprint density at radius 2 is 1.52 bits per heavy atom. The fraction of sp³-hybridized carbons (Fsp3) is 0.0833. The van der Waals surface area contributed by atoms with Crippen molar-refractivity contribution in [3.05, 3.63) is 105 Å². The van der Waals surface area contributed by atoms with Gasteiger partial charge in [0.1, 0.15) is 18.2 Å². The Bertz CT molecular complexity index is 1120. The van der Waals surface area contributed by atoms with Crippen LogP contribution in [-0.4, -0.2) is 0 Å². The summed E-state index contributed by atoms with van der Waals surface area (Å²) in [6.45, 7) is 1.10. The number of nitrogens with one attached hydrogen (secondary N) is 1. The van der Waals surface area contributed by atoms with Crippen molar-refractivity contribution >= 4 is 48.3 Å². The number of fused-ring (bicyclic) bond motifs is 1. The normalized spacial score (nSPS) is 10.9. The third-order valence-corrected chi connectivity index (χ3v) is 5.83. The first-order chi connectivity index (χ1) is 14.1. The maximum absolute atomic E-state index is 13.0. The largest absolute Gasteiger partial charge is 0.487 e. The monoisotopic (exact) mass is 513 g/mol. The minimum absolute atomic E-state index is 0.242. The fourth-order valence-corrected chi connectivity index (χ4v) is 4.70. The van der Waals surface area contributed by atoms with Gasteiger partial charge in [-0.05, 0) is 90.2 Å². The SMILES string of the molecule is Fc1ccc(NCc2cc(Br)c(OCc3cccc4ccccc34)c(Br)c2)cc1. The molecule has 0 aliphatic rings. The number of hydrogen-bond acceptors (Lipinski definition) is 2. The Morgan fingerprint density at radius 3 is 2.28 bits per heavy atom. The van der Waals surface area contributed by atoms with Crippen molar-refractivity contribution in [2.75, 3.05) is 5.32 Å². The zero-order valence-corrected chi connectivity index (χ0v) is 18.6. The van der Waals surface area contributed by atoms with Gasteiger partial charge in [-0.3, -0.25) is 0 Å². The molecule has 4 aromatic rings. The average molecular weight is 515 g/mol. The van der Waals surface area contributed by atoms with Crippen molar-refractivity contribution < 1.29 is 9.13 Å². The van der Waals surface area contributed by atoms with Crippen LogP contribution >= 0.6 is 31.9 Å². The zero-order chi connectivity index (χ0) is 20.2. The summed E-state index contributed by atoms with van der Waals surface area (Å²) < 4.78 is 20.9. The van der Waals surface area contributed by atoms with E-state index in [-0.39, 0.29) is 5.82 Å². The third kappa shape index (κ3) is 4.80. The van der Waals surface area contributed by atoms with E-state index in [1.807, 2.05) is 24.3 Å². The molecule has 0 atom stereocenters. The highest BCUT2D eigenvalue weighted by atomic mass is 79.9. The molecule has 0 fully saturated rings. The number of halogens is 3. The number of benzene rings is 4. The van der Waals surface area contributed by atoms with E-state index in [2.05, 4.69) is 67.5 Å². The number of anilines is 1. The van der Waals surface area contributed by atoms with Crippen molar-refractivity contribution in [1.82, 2.24) is 0 Å². The van der Waals surface area contributed by atoms with E-state index in [0.29, 0.717) is 13.2 Å². The molecule has 0 aliphatic carbocycles. The second-order valence-electron chi connectivity index (χ2n) is 6.68. The van der Waals surface area contributed by atoms with Crippen LogP contribution in [0.3, 0.4) is 0 Å². The predicted octanol–water partition coefficient (Wildman–Crippen LogP) is 7.70. The molecular formula is C24H18Br2FNO. The van der Waals surface area contributed by atoms with E-state index in [0.717, 1.165) is 31.5 Å². The average Bonchev–Trinajstić information content (AvgIpc) is 2.73. The number of rotatable bonds is 6. The predicted molar refractivity (Wildman–Crippen MR) is 124 cm³/mol. The molecule has 0 aliphatic heterocycles. The van der Waals surface area contributed by atoms with Crippen LogP contribution in [0.15, 0.2) is 87.8 Å². The Labute approximate surface area is 186 Å². The van der Waals surface area contributed by atoms with Gasteiger partial charge in [-0.2, -0.15) is 0 Å². The third-order valence-electron chi connectivity index (χ3n) is 4.65. The van der Waals surface area contributed by atoms with Gasteiger partial charge in [0.15, 0.2) is 0 Å². The Kier molecular flexibility index (Phi) is 6.16. The standard InChI is InChI=1S/C24H18Br2FNO/c25-22-12-16(14-28-20-10-8-19(27)9-11-20)13-23(26)24(22)29-15-18-6-3-5-17-4-1-2-7-21(17)18/h1-13,28H,14-15H2. The van der Waals surface area contributed by atoms with Gasteiger partial charge in [0.25, 0.3) is 0 Å². The number of hydrogen-bond donors (Lipinski definition) is 1. The zero-order valence-electron chi connectivity index (χ0n) is 15.5. The van der Waals surface area contributed by atoms with Crippen molar-refractivity contribution in [3.63, 3.8) is 0 Å². The van der Waals surface area contributed by atoms with Crippen LogP contribution in [0.2, 0.25) is 0 Å². The smallest absolute Gasteiger partial charge is 0.148 e. The molecule has 0 spiro atoms. The van der Waals surface area contributed by atoms with E-state index in [1.54, 1.807) is 12.1 Å². The lowest BCUT2D eigenvalue weighted by Crippen LogP contribution is -2.02. The van der Waals surface area contributed by atoms with Crippen LogP contribution in [0, 0.1) is 5.82 Å². The molecule has 0 saturated heterocycles. The highest BCUT2D eigenvalue weighted by Gasteiger charge is 2.11. The summed E-state index contributed by atoms with van der Waals surface area (Å²) in [6.07, 6.45) is 0. The lowest BCUT2D eigenvalue weighted by atomic mass is 10.1. The van der Waals surface area contributed by atoms with Crippen LogP contribution < -0.4 is 10.1 Å². The molecule has 5 heteroatoms. The summed E-state index contributed by atoms with van der Waals surface area (Å²) in [7, 11) is 0. The highest BCUT2D eigenvalue weighted by molar-refractivity contribution is 9.11. The van der Waals surface area contributed by atoms with Crippen LogP contribution in [-0.2, 0) is 13.2 Å². The Hall–Kier alpha value is -2.37. The van der Waals surface area contributed by atoms with Crippen LogP contribution in [0.25, 0.3) is 10.8 Å². The Morgan fingerprint density at radius 1 is 0.828 bits per heavy atom. The molecule has 0 bridgehead atoms. The molecule has 4 aromatic carbocycles. The first kappa shape index (κ1) is 19.9. The highest BCUT2D eigenvalue weighted by Crippen LogP contribution is 2.36. The van der Waals surface area contributed by atoms with Gasteiger partial charge in [-0.25, -0.2) is 4.39 Å². The molecule has 0 amide bonds. The van der Waals surface area contributed by atoms with Crippen molar-refractivity contribution in [2.45, 2.75) is 13.2 Å². The molecule has 1 N–H and O–H groups in total. The maximum Gasteiger partial charge on any atom is 0.148 e. The summed E-state index contributed by atoms with van der Waals surface area (Å²) in [5, 5.41) is 5.69. The molecule has 4 rings (SSSR count). The molecule has 0 radical (unpaired) electrons. The van der Waals surface area contributed by atoms with Crippen molar-refractivity contribution in [1.29, 1.82) is 0 Å². The minimum atomic E-state index is -0.242. The van der Waals surface area contributed by atoms with Gasteiger partial charge in [0.2, 0.25) is 0 Å². The molecule has 0 heterocycles. The lowest BCUT2D eigenvalue weighted by Gasteiger charge is -2.14. The van der Waals surface area contributed by atoms with Gasteiger partial charge >= 0.3 is 0 Å². The maximum atomic E-state index is 13.0. The molecule has 0 saturated carbocycles. The summed E-state index contributed by atoms with van der Waals surface area (Å²) in [5.41, 5.74) is 3.09. The molecule has 146 valence electrons. The summed E-state index contributed by atoms with van der Waals surface area (Å²) in [6, 6.07) is 24.9. The molecule has 2 nitrogen and oxygen atoms in total. The van der Waals surface area contributed by atoms with Crippen LogP contribution in [0.4, 0.5) is 10.1 Å². The molecule has 0 aromatic heterocycles. The van der Waals surface area contributed by atoms with Gasteiger partial charge in [-0.1, -0.05) is 42.5 Å². The molecule has 29 heavy (non-hydrogen) atoms. The molecular weight excluding hydrogens is 497 g/mol. The second kappa shape index (κ2) is 8.97. The van der Waals surface area contributed by atoms with E-state index in [4.69, 9.17) is 4.74 Å². The van der Waals surface area contributed by atoms with Gasteiger partial charge in [-0.15, -0.1) is 0 Å².